The Kier molecular flexibility index (Phi) is 21.1. The Bertz CT molecular complexity index is 347. The first-order valence-electron chi connectivity index (χ1n) is 9.63. The first-order chi connectivity index (χ1) is 11.0. The van der Waals surface area contributed by atoms with Crippen LogP contribution in [0.2, 0.25) is 0 Å². The van der Waals surface area contributed by atoms with Crippen LogP contribution in [0.4, 0.5) is 0 Å². The molecule has 4 nitrogen and oxygen atoms in total. The van der Waals surface area contributed by atoms with Crippen molar-refractivity contribution in [1.29, 1.82) is 0 Å². The van der Waals surface area contributed by atoms with Gasteiger partial charge in [0.1, 0.15) is 0 Å². The minimum Gasteiger partial charge on any atom is -0.726 e. The third-order valence-electron chi connectivity index (χ3n) is 4.24. The second-order valence-electron chi connectivity index (χ2n) is 6.59. The third-order valence-corrected chi connectivity index (χ3v) is 4.75. The van der Waals surface area contributed by atoms with Gasteiger partial charge in [0.05, 0.1) is 6.10 Å². The number of hydrogen-bond donors (Lipinski definition) is 0. The molecule has 0 amide bonds. The zero-order chi connectivity index (χ0) is 17.4. The molecule has 1 unspecified atom stereocenters. The summed E-state index contributed by atoms with van der Waals surface area (Å²) in [6.07, 6.45) is 17.0. The van der Waals surface area contributed by atoms with Crippen LogP contribution in [0, 0.1) is 0 Å². The van der Waals surface area contributed by atoms with Crippen LogP contribution in [0.1, 0.15) is 110 Å². The van der Waals surface area contributed by atoms with E-state index in [0.717, 1.165) is 19.3 Å². The molecule has 0 aromatic rings. The summed E-state index contributed by atoms with van der Waals surface area (Å²) >= 11 is 0. The number of hydrogen-bond acceptors (Lipinski definition) is 4. The van der Waals surface area contributed by atoms with Crippen molar-refractivity contribution in [2.24, 2.45) is 0 Å². The van der Waals surface area contributed by atoms with E-state index in [2.05, 4.69) is 11.1 Å². The van der Waals surface area contributed by atoms with Gasteiger partial charge < -0.3 is 4.55 Å². The molecule has 24 heavy (non-hydrogen) atoms. The van der Waals surface area contributed by atoms with Crippen molar-refractivity contribution >= 4 is 10.4 Å². The zero-order valence-electron chi connectivity index (χ0n) is 16.2. The van der Waals surface area contributed by atoms with Gasteiger partial charge in [-0.25, -0.2) is 8.42 Å². The van der Waals surface area contributed by atoms with Gasteiger partial charge in [-0.15, -0.1) is 0 Å². The van der Waals surface area contributed by atoms with Crippen LogP contribution in [0.5, 0.6) is 0 Å². The number of unbranched alkanes of at least 4 members (excludes halogenated alkanes) is 11. The van der Waals surface area contributed by atoms with Gasteiger partial charge in [-0.2, -0.15) is 0 Å². The molecular formula is C18H37NaO4S. The van der Waals surface area contributed by atoms with E-state index in [4.69, 9.17) is 0 Å². The molecule has 0 radical (unpaired) electrons. The molecule has 0 rings (SSSR count). The minimum absolute atomic E-state index is 0. The molecule has 0 aliphatic rings. The predicted molar refractivity (Wildman–Crippen MR) is 95.2 cm³/mol. The Morgan fingerprint density at radius 3 is 1.50 bits per heavy atom. The molecule has 0 saturated carbocycles. The standard InChI is InChI=1S/C18H38O4S.Na/c1-3-5-6-7-8-9-10-11-12-13-14-15-17-18(16-4-2)22-23(19,20)21;/h18H,3-17H2,1-2H3,(H,19,20,21);/q;+1/p-1. The van der Waals surface area contributed by atoms with Crippen LogP contribution in [0.3, 0.4) is 0 Å². The summed E-state index contributed by atoms with van der Waals surface area (Å²) in [5, 5.41) is 0. The van der Waals surface area contributed by atoms with E-state index >= 15 is 0 Å². The molecule has 0 aliphatic heterocycles. The van der Waals surface area contributed by atoms with Crippen LogP contribution >= 0.6 is 0 Å². The molecule has 0 spiro atoms. The summed E-state index contributed by atoms with van der Waals surface area (Å²) in [6.45, 7) is 4.21. The zero-order valence-corrected chi connectivity index (χ0v) is 19.0. The van der Waals surface area contributed by atoms with Crippen LogP contribution in [0.15, 0.2) is 0 Å². The van der Waals surface area contributed by atoms with Crippen molar-refractivity contribution in [3.63, 3.8) is 0 Å². The van der Waals surface area contributed by atoms with E-state index < -0.39 is 16.5 Å². The normalized spacial score (nSPS) is 12.8. The molecule has 0 aliphatic carbocycles. The fraction of sp³-hybridized carbons (Fsp3) is 1.00. The Balaban J connectivity index is 0. The summed E-state index contributed by atoms with van der Waals surface area (Å²) < 4.78 is 36.6. The summed E-state index contributed by atoms with van der Waals surface area (Å²) in [5.74, 6) is 0. The van der Waals surface area contributed by atoms with Crippen molar-refractivity contribution < 1.29 is 46.7 Å². The van der Waals surface area contributed by atoms with Crippen molar-refractivity contribution in [3.05, 3.63) is 0 Å². The van der Waals surface area contributed by atoms with Gasteiger partial charge in [0.25, 0.3) is 0 Å². The molecule has 140 valence electrons. The maximum absolute atomic E-state index is 10.7. The maximum atomic E-state index is 10.7. The summed E-state index contributed by atoms with van der Waals surface area (Å²) in [4.78, 5) is 0. The molecule has 0 heterocycles. The van der Waals surface area contributed by atoms with E-state index in [1.54, 1.807) is 0 Å². The van der Waals surface area contributed by atoms with Gasteiger partial charge in [-0.3, -0.25) is 4.18 Å². The van der Waals surface area contributed by atoms with E-state index in [1.807, 2.05) is 6.92 Å². The van der Waals surface area contributed by atoms with Crippen molar-refractivity contribution in [2.45, 2.75) is 116 Å². The molecule has 0 saturated heterocycles. The maximum Gasteiger partial charge on any atom is 1.00 e. The molecule has 0 bridgehead atoms. The summed E-state index contributed by atoms with van der Waals surface area (Å²) in [5.41, 5.74) is 0. The van der Waals surface area contributed by atoms with Crippen LogP contribution in [-0.2, 0) is 14.6 Å². The van der Waals surface area contributed by atoms with Gasteiger partial charge >= 0.3 is 29.6 Å². The second kappa shape index (κ2) is 18.7. The Hall–Kier alpha value is 0.870. The molecule has 0 aromatic heterocycles. The quantitative estimate of drug-likeness (QED) is 0.170. The van der Waals surface area contributed by atoms with Gasteiger partial charge in [0.15, 0.2) is 0 Å². The van der Waals surface area contributed by atoms with Crippen LogP contribution < -0.4 is 29.6 Å². The van der Waals surface area contributed by atoms with E-state index in [-0.39, 0.29) is 29.6 Å². The SMILES string of the molecule is CCCCCCCCCCCCCCC(CCC)OS(=O)(=O)[O-].[Na+]. The Morgan fingerprint density at radius 2 is 1.12 bits per heavy atom. The van der Waals surface area contributed by atoms with Crippen molar-refractivity contribution in [2.75, 3.05) is 0 Å². The molecule has 1 atom stereocenters. The van der Waals surface area contributed by atoms with E-state index in [9.17, 15) is 13.0 Å². The largest absolute Gasteiger partial charge is 1.00 e. The molecule has 6 heteroatoms. The molecular weight excluding hydrogens is 335 g/mol. The summed E-state index contributed by atoms with van der Waals surface area (Å²) in [6, 6.07) is 0. The first kappa shape index (κ1) is 27.1. The van der Waals surface area contributed by atoms with Gasteiger partial charge in [-0.05, 0) is 12.8 Å². The van der Waals surface area contributed by atoms with Gasteiger partial charge in [0.2, 0.25) is 10.4 Å². The molecule has 0 N–H and O–H groups in total. The van der Waals surface area contributed by atoms with E-state index in [0.29, 0.717) is 12.8 Å². The monoisotopic (exact) mass is 372 g/mol. The average Bonchev–Trinajstić information content (AvgIpc) is 2.47. The van der Waals surface area contributed by atoms with Crippen molar-refractivity contribution in [3.8, 4) is 0 Å². The molecule has 0 fully saturated rings. The van der Waals surface area contributed by atoms with Crippen molar-refractivity contribution in [1.82, 2.24) is 0 Å². The fourth-order valence-corrected chi connectivity index (χ4v) is 3.47. The second-order valence-corrected chi connectivity index (χ2v) is 7.60. The fourth-order valence-electron chi connectivity index (χ4n) is 2.94. The molecule has 0 aromatic carbocycles. The average molecular weight is 373 g/mol. The minimum atomic E-state index is -4.56. The van der Waals surface area contributed by atoms with Crippen LogP contribution in [-0.4, -0.2) is 19.1 Å². The summed E-state index contributed by atoms with van der Waals surface area (Å²) in [7, 11) is -4.56. The topological polar surface area (TPSA) is 66.4 Å². The van der Waals surface area contributed by atoms with Gasteiger partial charge in [0, 0.05) is 0 Å². The Labute approximate surface area is 172 Å². The third kappa shape index (κ3) is 20.9. The van der Waals surface area contributed by atoms with Crippen LogP contribution in [0.25, 0.3) is 0 Å². The number of rotatable bonds is 17. The van der Waals surface area contributed by atoms with Gasteiger partial charge in [-0.1, -0.05) is 97.3 Å². The smallest absolute Gasteiger partial charge is 0.726 e. The first-order valence-corrected chi connectivity index (χ1v) is 11.0. The Morgan fingerprint density at radius 1 is 0.708 bits per heavy atom. The predicted octanol–water partition coefficient (Wildman–Crippen LogP) is 2.73. The van der Waals surface area contributed by atoms with E-state index in [1.165, 1.54) is 64.2 Å².